The number of carbonyl (C=O) groups is 1. The van der Waals surface area contributed by atoms with Gasteiger partial charge in [0.2, 0.25) is 10.0 Å². The molecule has 130 valence electrons. The summed E-state index contributed by atoms with van der Waals surface area (Å²) in [6.45, 7) is 0. The van der Waals surface area contributed by atoms with Gasteiger partial charge in [0.15, 0.2) is 5.82 Å². The molecule has 0 spiro atoms. The number of benzene rings is 1. The number of esters is 1. The van der Waals surface area contributed by atoms with Crippen molar-refractivity contribution in [1.29, 1.82) is 0 Å². The van der Waals surface area contributed by atoms with Crippen molar-refractivity contribution in [2.75, 3.05) is 18.3 Å². The molecule has 0 amide bonds. The van der Waals surface area contributed by atoms with E-state index in [1.165, 1.54) is 0 Å². The van der Waals surface area contributed by atoms with Gasteiger partial charge in [-0.3, -0.25) is 0 Å². The molecule has 13 heteroatoms. The smallest absolute Gasteiger partial charge is 0.343 e. The van der Waals surface area contributed by atoms with Gasteiger partial charge >= 0.3 is 5.97 Å². The van der Waals surface area contributed by atoms with Crippen LogP contribution in [0.5, 0.6) is 0 Å². The largest absolute Gasteiger partial charge is 0.465 e. The third-order valence-electron chi connectivity index (χ3n) is 2.54. The predicted octanol–water partition coefficient (Wildman–Crippen LogP) is 1.46. The Kier molecular flexibility index (Phi) is 6.32. The summed E-state index contributed by atoms with van der Waals surface area (Å²) in [6.07, 6.45) is 0. The maximum Gasteiger partial charge on any atom is 0.343 e. The van der Waals surface area contributed by atoms with E-state index in [2.05, 4.69) is 4.74 Å². The van der Waals surface area contributed by atoms with E-state index in [0.29, 0.717) is 12.1 Å². The van der Waals surface area contributed by atoms with Gasteiger partial charge < -0.3 is 4.74 Å². The summed E-state index contributed by atoms with van der Waals surface area (Å²) < 4.78 is 79.4. The van der Waals surface area contributed by atoms with Crippen LogP contribution in [0.25, 0.3) is 0 Å². The van der Waals surface area contributed by atoms with Crippen LogP contribution in [0.15, 0.2) is 17.0 Å². The fraction of sp³-hybridized carbons (Fsp3) is 0.300. The summed E-state index contributed by atoms with van der Waals surface area (Å²) in [4.78, 5) is 10.1. The van der Waals surface area contributed by atoms with Gasteiger partial charge in [-0.25, -0.2) is 30.4 Å². The van der Waals surface area contributed by atoms with Crippen molar-refractivity contribution in [2.45, 2.75) is 4.90 Å². The summed E-state index contributed by atoms with van der Waals surface area (Å²) in [5, 5.41) is -1.15. The molecule has 0 saturated heterocycles. The van der Waals surface area contributed by atoms with E-state index in [4.69, 9.17) is 23.2 Å². The molecule has 0 aliphatic carbocycles. The van der Waals surface area contributed by atoms with Crippen LogP contribution in [0.4, 0.5) is 8.78 Å². The maximum absolute atomic E-state index is 14.2. The zero-order chi connectivity index (χ0) is 18.0. The lowest BCUT2D eigenvalue weighted by Gasteiger charge is -2.19. The van der Waals surface area contributed by atoms with Crippen LogP contribution in [0.2, 0.25) is 0 Å². The molecule has 0 aromatic heterocycles. The molecule has 0 bridgehead atoms. The van der Waals surface area contributed by atoms with Crippen molar-refractivity contribution in [1.82, 2.24) is 3.71 Å². The zero-order valence-electron chi connectivity index (χ0n) is 11.3. The highest BCUT2D eigenvalue weighted by atomic mass is 35.5. The normalized spacial score (nSPS) is 12.4. The molecular weight excluding hydrogens is 403 g/mol. The van der Waals surface area contributed by atoms with Crippen LogP contribution >= 0.6 is 23.2 Å². The number of halogens is 4. The van der Waals surface area contributed by atoms with Crippen molar-refractivity contribution in [3.05, 3.63) is 29.3 Å². The average Bonchev–Trinajstić information content (AvgIpc) is 2.46. The lowest BCUT2D eigenvalue weighted by molar-refractivity contribution is 0.0589. The minimum atomic E-state index is -5.05. The molecule has 0 fully saturated rings. The average molecular weight is 412 g/mol. The number of rotatable bonds is 6. The molecule has 1 rings (SSSR count). The van der Waals surface area contributed by atoms with E-state index in [1.54, 1.807) is 0 Å². The predicted molar refractivity (Wildman–Crippen MR) is 77.1 cm³/mol. The molecule has 0 radical (unpaired) electrons. The second kappa shape index (κ2) is 7.26. The minimum Gasteiger partial charge on any atom is -0.465 e. The first-order valence-corrected chi connectivity index (χ1v) is 9.60. The molecule has 1 aromatic carbocycles. The van der Waals surface area contributed by atoms with Crippen molar-refractivity contribution in [3.63, 3.8) is 0 Å². The number of ether oxygens (including phenoxy) is 1. The number of alkyl halides is 2. The Labute approximate surface area is 140 Å². The number of sulfonamides is 2. The monoisotopic (exact) mass is 411 g/mol. The van der Waals surface area contributed by atoms with Crippen molar-refractivity contribution in [3.8, 4) is 0 Å². The van der Waals surface area contributed by atoms with Crippen LogP contribution in [0.1, 0.15) is 10.4 Å². The number of hydrogen-bond acceptors (Lipinski definition) is 6. The molecule has 0 aliphatic heterocycles. The third kappa shape index (κ3) is 3.74. The fourth-order valence-electron chi connectivity index (χ4n) is 1.47. The Bertz CT molecular complexity index is 828. The molecule has 7 nitrogen and oxygen atoms in total. The van der Waals surface area contributed by atoms with Gasteiger partial charge in [-0.15, -0.1) is 23.2 Å². The second-order valence-corrected chi connectivity index (χ2v) is 8.62. The van der Waals surface area contributed by atoms with Gasteiger partial charge in [0, 0.05) is 0 Å². The SMILES string of the molecule is COC(=O)c1c(F)ccc(S(=O)(=O)N(CCl)S(=O)(=O)CCl)c1F. The van der Waals surface area contributed by atoms with Crippen molar-refractivity contribution < 1.29 is 35.1 Å². The molecule has 0 saturated carbocycles. The Balaban J connectivity index is 3.67. The van der Waals surface area contributed by atoms with Gasteiger partial charge in [-0.1, -0.05) is 3.71 Å². The Hall–Kier alpha value is -1.01. The number of carbonyl (C=O) groups excluding carboxylic acids is 1. The topological polar surface area (TPSA) is 97.8 Å². The third-order valence-corrected chi connectivity index (χ3v) is 7.72. The molecule has 23 heavy (non-hydrogen) atoms. The first-order valence-electron chi connectivity index (χ1n) is 5.48. The van der Waals surface area contributed by atoms with Crippen molar-refractivity contribution in [2.24, 2.45) is 0 Å². The molecule has 0 atom stereocenters. The Morgan fingerprint density at radius 3 is 2.22 bits per heavy atom. The first kappa shape index (κ1) is 20.0. The highest BCUT2D eigenvalue weighted by Gasteiger charge is 2.38. The molecule has 0 aliphatic rings. The van der Waals surface area contributed by atoms with Crippen LogP contribution in [0, 0.1) is 11.6 Å². The fourth-order valence-corrected chi connectivity index (χ4v) is 5.60. The highest BCUT2D eigenvalue weighted by molar-refractivity contribution is 8.04. The second-order valence-electron chi connectivity index (χ2n) is 3.84. The van der Waals surface area contributed by atoms with E-state index < -0.39 is 59.3 Å². The molecule has 0 heterocycles. The number of hydrogen-bond donors (Lipinski definition) is 0. The van der Waals surface area contributed by atoms with Crippen LogP contribution in [-0.4, -0.2) is 44.8 Å². The summed E-state index contributed by atoms with van der Waals surface area (Å²) in [7, 11) is -8.81. The summed E-state index contributed by atoms with van der Waals surface area (Å²) >= 11 is 10.4. The van der Waals surface area contributed by atoms with E-state index in [1.807, 2.05) is 0 Å². The summed E-state index contributed by atoms with van der Waals surface area (Å²) in [5.74, 6) is -4.67. The van der Waals surface area contributed by atoms with Crippen LogP contribution in [0.3, 0.4) is 0 Å². The van der Waals surface area contributed by atoms with E-state index in [-0.39, 0.29) is 3.71 Å². The first-order chi connectivity index (χ1) is 10.5. The van der Waals surface area contributed by atoms with Gasteiger partial charge in [0.1, 0.15) is 27.5 Å². The molecule has 1 aromatic rings. The maximum atomic E-state index is 14.2. The quantitative estimate of drug-likeness (QED) is 0.399. The van der Waals surface area contributed by atoms with Gasteiger partial charge in [-0.2, -0.15) is 0 Å². The van der Waals surface area contributed by atoms with Crippen LogP contribution in [-0.2, 0) is 24.8 Å². The summed E-state index contributed by atoms with van der Waals surface area (Å²) in [5.41, 5.74) is -1.29. The highest BCUT2D eigenvalue weighted by Crippen LogP contribution is 2.27. The number of methoxy groups -OCH3 is 1. The molecular formula is C10H9Cl2F2NO6S2. The Morgan fingerprint density at radius 2 is 1.78 bits per heavy atom. The van der Waals surface area contributed by atoms with Gasteiger partial charge in [0.25, 0.3) is 10.0 Å². The minimum absolute atomic E-state index is 0.272. The zero-order valence-corrected chi connectivity index (χ0v) is 14.4. The number of nitrogens with zero attached hydrogens (tertiary/aromatic N) is 1. The van der Waals surface area contributed by atoms with Gasteiger partial charge in [0.05, 0.1) is 7.11 Å². The Morgan fingerprint density at radius 1 is 1.22 bits per heavy atom. The molecule has 0 N–H and O–H groups in total. The standard InChI is InChI=1S/C10H9Cl2F2NO6S2/c1-21-10(16)8-6(13)2-3-7(9(8)14)23(19,20)15(4-11)22(17,18)5-12/h2-3H,4-5H2,1H3. The van der Waals surface area contributed by atoms with E-state index in [0.717, 1.165) is 7.11 Å². The molecule has 0 unspecified atom stereocenters. The lowest BCUT2D eigenvalue weighted by atomic mass is 10.2. The lowest BCUT2D eigenvalue weighted by Crippen LogP contribution is -2.37. The van der Waals surface area contributed by atoms with E-state index in [9.17, 15) is 30.4 Å². The van der Waals surface area contributed by atoms with Gasteiger partial charge in [-0.05, 0) is 12.1 Å². The van der Waals surface area contributed by atoms with E-state index >= 15 is 0 Å². The van der Waals surface area contributed by atoms with Crippen LogP contribution < -0.4 is 0 Å². The van der Waals surface area contributed by atoms with Crippen molar-refractivity contribution >= 4 is 49.2 Å². The summed E-state index contributed by atoms with van der Waals surface area (Å²) in [6, 6.07) is -0.167.